The summed E-state index contributed by atoms with van der Waals surface area (Å²) in [5, 5.41) is 13.1. The van der Waals surface area contributed by atoms with Crippen molar-refractivity contribution in [1.82, 2.24) is 5.32 Å². The second-order valence-electron chi connectivity index (χ2n) is 6.15. The van der Waals surface area contributed by atoms with Gasteiger partial charge in [0.1, 0.15) is 0 Å². The minimum absolute atomic E-state index is 0.124. The Bertz CT molecular complexity index is 290. The van der Waals surface area contributed by atoms with Gasteiger partial charge in [0, 0.05) is 18.7 Å². The van der Waals surface area contributed by atoms with E-state index in [-0.39, 0.29) is 5.91 Å². The third-order valence-electron chi connectivity index (χ3n) is 4.22. The number of amides is 1. The molecule has 2 aliphatic rings. The van der Waals surface area contributed by atoms with Crippen LogP contribution in [0.3, 0.4) is 0 Å². The first kappa shape index (κ1) is 14.2. The maximum absolute atomic E-state index is 11.9. The Morgan fingerprint density at radius 3 is 3.00 bits per heavy atom. The van der Waals surface area contributed by atoms with Crippen molar-refractivity contribution in [1.29, 1.82) is 0 Å². The molecule has 3 atom stereocenters. The molecule has 0 radical (unpaired) electrons. The molecule has 2 fully saturated rings. The highest BCUT2D eigenvalue weighted by Gasteiger charge is 2.32. The fraction of sp³-hybridized carbons (Fsp3) is 0.929. The largest absolute Gasteiger partial charge is 0.387 e. The molecule has 1 saturated carbocycles. The van der Waals surface area contributed by atoms with Crippen LogP contribution in [0.4, 0.5) is 0 Å². The molecule has 1 amide bonds. The van der Waals surface area contributed by atoms with Crippen LogP contribution in [-0.2, 0) is 4.79 Å². The van der Waals surface area contributed by atoms with E-state index in [1.165, 1.54) is 25.7 Å². The second kappa shape index (κ2) is 6.29. The lowest BCUT2D eigenvalue weighted by molar-refractivity contribution is -0.123. The van der Waals surface area contributed by atoms with E-state index >= 15 is 0 Å². The first-order valence-corrected chi connectivity index (χ1v) is 8.30. The van der Waals surface area contributed by atoms with Gasteiger partial charge in [0.15, 0.2) is 0 Å². The van der Waals surface area contributed by atoms with Crippen molar-refractivity contribution in [3.63, 3.8) is 0 Å². The van der Waals surface area contributed by atoms with Crippen molar-refractivity contribution in [2.24, 2.45) is 11.8 Å². The topological polar surface area (TPSA) is 49.3 Å². The third kappa shape index (κ3) is 4.16. The van der Waals surface area contributed by atoms with Gasteiger partial charge in [-0.25, -0.2) is 0 Å². The minimum Gasteiger partial charge on any atom is -0.387 e. The predicted octanol–water partition coefficient (Wildman–Crippen LogP) is 2.19. The molecule has 0 spiro atoms. The molecule has 3 nitrogen and oxygen atoms in total. The molecule has 1 aliphatic heterocycles. The average molecular weight is 271 g/mol. The van der Waals surface area contributed by atoms with Gasteiger partial charge in [-0.15, -0.1) is 0 Å². The van der Waals surface area contributed by atoms with Crippen LogP contribution >= 0.6 is 11.8 Å². The molecule has 0 aromatic rings. The molecule has 1 aliphatic carbocycles. The van der Waals surface area contributed by atoms with E-state index in [9.17, 15) is 9.90 Å². The van der Waals surface area contributed by atoms with E-state index in [2.05, 4.69) is 12.2 Å². The quantitative estimate of drug-likeness (QED) is 0.824. The number of hydrogen-bond donors (Lipinski definition) is 2. The van der Waals surface area contributed by atoms with Gasteiger partial charge in [-0.1, -0.05) is 19.8 Å². The molecule has 4 heteroatoms. The summed E-state index contributed by atoms with van der Waals surface area (Å²) >= 11 is 1.77. The minimum atomic E-state index is -0.653. The fourth-order valence-corrected chi connectivity index (χ4v) is 4.37. The maximum Gasteiger partial charge on any atom is 0.220 e. The van der Waals surface area contributed by atoms with E-state index in [0.29, 0.717) is 18.9 Å². The normalized spacial score (nSPS) is 36.6. The Labute approximate surface area is 114 Å². The number of hydrogen-bond acceptors (Lipinski definition) is 3. The predicted molar refractivity (Wildman–Crippen MR) is 75.6 cm³/mol. The highest BCUT2D eigenvalue weighted by Crippen LogP contribution is 2.31. The first-order chi connectivity index (χ1) is 8.57. The summed E-state index contributed by atoms with van der Waals surface area (Å²) in [6, 6.07) is 0. The van der Waals surface area contributed by atoms with Gasteiger partial charge in [0.2, 0.25) is 5.91 Å². The summed E-state index contributed by atoms with van der Waals surface area (Å²) in [4.78, 5) is 11.9. The summed E-state index contributed by atoms with van der Waals surface area (Å²) in [5.74, 6) is 3.22. The van der Waals surface area contributed by atoms with Gasteiger partial charge in [0.05, 0.1) is 5.60 Å². The number of rotatable bonds is 4. The van der Waals surface area contributed by atoms with Gasteiger partial charge in [-0.2, -0.15) is 11.8 Å². The molecule has 0 aromatic heterocycles. The lowest BCUT2D eigenvalue weighted by Crippen LogP contribution is -2.43. The number of carbonyl (C=O) groups is 1. The van der Waals surface area contributed by atoms with Crippen molar-refractivity contribution >= 4 is 17.7 Å². The fourth-order valence-electron chi connectivity index (χ4n) is 3.08. The molecule has 1 saturated heterocycles. The van der Waals surface area contributed by atoms with E-state index in [0.717, 1.165) is 23.8 Å². The molecule has 18 heavy (non-hydrogen) atoms. The van der Waals surface area contributed by atoms with Crippen LogP contribution in [-0.4, -0.2) is 34.7 Å². The van der Waals surface area contributed by atoms with Crippen LogP contribution < -0.4 is 5.32 Å². The Morgan fingerprint density at radius 2 is 2.33 bits per heavy atom. The van der Waals surface area contributed by atoms with Crippen molar-refractivity contribution in [2.75, 3.05) is 18.1 Å². The smallest absolute Gasteiger partial charge is 0.220 e. The molecular formula is C14H25NO2S. The SMILES string of the molecule is CC1CCCC(CC(=O)NCC2(O)CCSC2)C1. The van der Waals surface area contributed by atoms with Gasteiger partial charge >= 0.3 is 0 Å². The van der Waals surface area contributed by atoms with Crippen molar-refractivity contribution in [3.05, 3.63) is 0 Å². The summed E-state index contributed by atoms with van der Waals surface area (Å²) in [5.41, 5.74) is -0.653. The zero-order valence-electron chi connectivity index (χ0n) is 11.3. The summed E-state index contributed by atoms with van der Waals surface area (Å²) in [6.07, 6.45) is 6.41. The van der Waals surface area contributed by atoms with Gasteiger partial charge in [0.25, 0.3) is 0 Å². The van der Waals surface area contributed by atoms with Crippen LogP contribution in [0.5, 0.6) is 0 Å². The van der Waals surface area contributed by atoms with Crippen LogP contribution in [0, 0.1) is 11.8 Å². The maximum atomic E-state index is 11.9. The van der Waals surface area contributed by atoms with E-state index in [1.54, 1.807) is 11.8 Å². The zero-order chi connectivity index (χ0) is 13.0. The Balaban J connectivity index is 1.68. The Hall–Kier alpha value is -0.220. The molecule has 1 heterocycles. The highest BCUT2D eigenvalue weighted by molar-refractivity contribution is 7.99. The lowest BCUT2D eigenvalue weighted by Gasteiger charge is -2.27. The number of thioether (sulfide) groups is 1. The van der Waals surface area contributed by atoms with Gasteiger partial charge in [-0.3, -0.25) is 4.79 Å². The van der Waals surface area contributed by atoms with E-state index < -0.39 is 5.60 Å². The average Bonchev–Trinajstić information content (AvgIpc) is 2.74. The Kier molecular flexibility index (Phi) is 4.96. The van der Waals surface area contributed by atoms with Gasteiger partial charge in [-0.05, 0) is 36.9 Å². The standard InChI is InChI=1S/C14H25NO2S/c1-11-3-2-4-12(7-11)8-13(16)15-9-14(17)5-6-18-10-14/h11-12,17H,2-10H2,1H3,(H,15,16). The van der Waals surface area contributed by atoms with Crippen LogP contribution in [0.25, 0.3) is 0 Å². The molecule has 104 valence electrons. The van der Waals surface area contributed by atoms with Crippen molar-refractivity contribution in [3.8, 4) is 0 Å². The highest BCUT2D eigenvalue weighted by atomic mass is 32.2. The first-order valence-electron chi connectivity index (χ1n) is 7.14. The lowest BCUT2D eigenvalue weighted by atomic mass is 9.81. The van der Waals surface area contributed by atoms with E-state index in [1.807, 2.05) is 0 Å². The molecule has 2 rings (SSSR count). The monoisotopic (exact) mass is 271 g/mol. The Morgan fingerprint density at radius 1 is 1.50 bits per heavy atom. The van der Waals surface area contributed by atoms with Crippen molar-refractivity contribution < 1.29 is 9.90 Å². The molecule has 0 aromatic carbocycles. The summed E-state index contributed by atoms with van der Waals surface area (Å²) in [6.45, 7) is 2.71. The van der Waals surface area contributed by atoms with Gasteiger partial charge < -0.3 is 10.4 Å². The van der Waals surface area contributed by atoms with E-state index in [4.69, 9.17) is 0 Å². The van der Waals surface area contributed by atoms with Crippen LogP contribution in [0.2, 0.25) is 0 Å². The van der Waals surface area contributed by atoms with Crippen molar-refractivity contribution in [2.45, 2.75) is 51.0 Å². The summed E-state index contributed by atoms with van der Waals surface area (Å²) < 4.78 is 0. The second-order valence-corrected chi connectivity index (χ2v) is 7.25. The summed E-state index contributed by atoms with van der Waals surface area (Å²) in [7, 11) is 0. The molecular weight excluding hydrogens is 246 g/mol. The molecule has 2 N–H and O–H groups in total. The van der Waals surface area contributed by atoms with Crippen LogP contribution in [0.1, 0.15) is 45.4 Å². The zero-order valence-corrected chi connectivity index (χ0v) is 12.1. The molecule has 3 unspecified atom stereocenters. The number of aliphatic hydroxyl groups is 1. The third-order valence-corrected chi connectivity index (χ3v) is 5.45. The molecule has 0 bridgehead atoms. The number of nitrogens with one attached hydrogen (secondary N) is 1. The van der Waals surface area contributed by atoms with Crippen LogP contribution in [0.15, 0.2) is 0 Å². The number of carbonyl (C=O) groups excluding carboxylic acids is 1.